The van der Waals surface area contributed by atoms with Crippen molar-refractivity contribution in [3.63, 3.8) is 0 Å². The summed E-state index contributed by atoms with van der Waals surface area (Å²) in [7, 11) is 3.50. The normalized spacial score (nSPS) is 19.4. The van der Waals surface area contributed by atoms with Crippen LogP contribution in [0.25, 0.3) is 0 Å². The molecule has 0 radical (unpaired) electrons. The Hall–Kier alpha value is -1.67. The van der Waals surface area contributed by atoms with Crippen LogP contribution in [0.1, 0.15) is 37.6 Å². The lowest BCUT2D eigenvalue weighted by atomic mass is 10.2. The zero-order valence-electron chi connectivity index (χ0n) is 16.4. The summed E-state index contributed by atoms with van der Waals surface area (Å²) in [6.07, 6.45) is 4.29. The van der Waals surface area contributed by atoms with Gasteiger partial charge in [0.25, 0.3) is 0 Å². The van der Waals surface area contributed by atoms with E-state index in [0.29, 0.717) is 17.9 Å². The topological polar surface area (TPSA) is 72.9 Å². The Morgan fingerprint density at radius 1 is 1.50 bits per heavy atom. The van der Waals surface area contributed by atoms with Gasteiger partial charge in [0.05, 0.1) is 5.01 Å². The van der Waals surface area contributed by atoms with Gasteiger partial charge in [0.2, 0.25) is 5.91 Å². The molecule has 1 aromatic heterocycles. The molecule has 0 spiro atoms. The second kappa shape index (κ2) is 10.5. The average Bonchev–Trinajstić information content (AvgIpc) is 3.31. The summed E-state index contributed by atoms with van der Waals surface area (Å²) in [5.41, 5.74) is 0. The molecule has 0 aromatic carbocycles. The van der Waals surface area contributed by atoms with Crippen molar-refractivity contribution in [1.82, 2.24) is 25.4 Å². The summed E-state index contributed by atoms with van der Waals surface area (Å²) in [4.78, 5) is 24.8. The standard InChI is InChI=1S/C18H32N6OS/c1-5-24-9-6-7-15(24)12-21-18(22-13-16(25)23(3)4)20-11-14(2)17-19-8-10-26-17/h8,10,14-15H,5-7,9,11-13H2,1-4H3,(H2,20,21,22). The maximum absolute atomic E-state index is 11.9. The molecule has 146 valence electrons. The van der Waals surface area contributed by atoms with E-state index in [1.54, 1.807) is 30.3 Å². The summed E-state index contributed by atoms with van der Waals surface area (Å²) in [6, 6.07) is 0.535. The molecular weight excluding hydrogens is 348 g/mol. The zero-order chi connectivity index (χ0) is 18.9. The molecule has 2 heterocycles. The van der Waals surface area contributed by atoms with Crippen molar-refractivity contribution in [3.05, 3.63) is 16.6 Å². The van der Waals surface area contributed by atoms with Gasteiger partial charge in [-0.1, -0.05) is 13.8 Å². The van der Waals surface area contributed by atoms with E-state index in [4.69, 9.17) is 0 Å². The first kappa shape index (κ1) is 20.6. The summed E-state index contributed by atoms with van der Waals surface area (Å²) in [5.74, 6) is 0.992. The van der Waals surface area contributed by atoms with Crippen molar-refractivity contribution in [1.29, 1.82) is 0 Å². The molecule has 1 saturated heterocycles. The molecule has 7 nitrogen and oxygen atoms in total. The van der Waals surface area contributed by atoms with E-state index in [0.717, 1.165) is 24.6 Å². The third kappa shape index (κ3) is 6.25. The van der Waals surface area contributed by atoms with Crippen molar-refractivity contribution in [3.8, 4) is 0 Å². The Kier molecular flexibility index (Phi) is 8.31. The van der Waals surface area contributed by atoms with Crippen LogP contribution in [0.3, 0.4) is 0 Å². The van der Waals surface area contributed by atoms with Crippen molar-refractivity contribution in [2.24, 2.45) is 4.99 Å². The van der Waals surface area contributed by atoms with Crippen molar-refractivity contribution in [2.45, 2.75) is 38.6 Å². The number of guanidine groups is 1. The third-order valence-corrected chi connectivity index (χ3v) is 5.74. The van der Waals surface area contributed by atoms with Gasteiger partial charge in [0.15, 0.2) is 5.96 Å². The van der Waals surface area contributed by atoms with Crippen LogP contribution in [-0.4, -0.2) is 79.5 Å². The zero-order valence-corrected chi connectivity index (χ0v) is 17.2. The van der Waals surface area contributed by atoms with E-state index in [2.05, 4.69) is 39.4 Å². The van der Waals surface area contributed by atoms with Crippen LogP contribution in [0.5, 0.6) is 0 Å². The SMILES string of the molecule is CCN1CCCC1CNC(=NCC(=O)N(C)C)NCC(C)c1nccs1. The number of amides is 1. The van der Waals surface area contributed by atoms with E-state index in [-0.39, 0.29) is 12.5 Å². The van der Waals surface area contributed by atoms with Gasteiger partial charge in [-0.15, -0.1) is 11.3 Å². The first-order chi connectivity index (χ1) is 12.5. The maximum atomic E-state index is 11.9. The highest BCUT2D eigenvalue weighted by atomic mass is 32.1. The Labute approximate surface area is 160 Å². The quantitative estimate of drug-likeness (QED) is 0.526. The highest BCUT2D eigenvalue weighted by Gasteiger charge is 2.23. The number of rotatable bonds is 8. The number of nitrogens with zero attached hydrogens (tertiary/aromatic N) is 4. The van der Waals surface area contributed by atoms with E-state index < -0.39 is 0 Å². The fraction of sp³-hybridized carbons (Fsp3) is 0.722. The number of aromatic nitrogens is 1. The van der Waals surface area contributed by atoms with Gasteiger partial charge in [-0.3, -0.25) is 9.69 Å². The molecule has 1 aliphatic heterocycles. The third-order valence-electron chi connectivity index (χ3n) is 4.73. The molecule has 1 fully saturated rings. The van der Waals surface area contributed by atoms with Crippen LogP contribution in [0.2, 0.25) is 0 Å². The lowest BCUT2D eigenvalue weighted by Gasteiger charge is -2.24. The van der Waals surface area contributed by atoms with Crippen LogP contribution in [0, 0.1) is 0 Å². The van der Waals surface area contributed by atoms with E-state index in [9.17, 15) is 4.79 Å². The largest absolute Gasteiger partial charge is 0.356 e. The summed E-state index contributed by atoms with van der Waals surface area (Å²) in [6.45, 7) is 8.33. The van der Waals surface area contributed by atoms with Crippen molar-refractivity contribution >= 4 is 23.2 Å². The summed E-state index contributed by atoms with van der Waals surface area (Å²) in [5, 5.41) is 9.91. The fourth-order valence-electron chi connectivity index (χ4n) is 3.03. The van der Waals surface area contributed by atoms with E-state index in [1.165, 1.54) is 19.4 Å². The van der Waals surface area contributed by atoms with Crippen molar-refractivity contribution in [2.75, 3.05) is 46.8 Å². The molecule has 1 aromatic rings. The molecule has 1 aliphatic rings. The van der Waals surface area contributed by atoms with Gasteiger partial charge in [-0.25, -0.2) is 9.98 Å². The number of hydrogen-bond donors (Lipinski definition) is 2. The van der Waals surface area contributed by atoms with Gasteiger partial charge in [-0.05, 0) is 25.9 Å². The second-order valence-corrected chi connectivity index (χ2v) is 7.84. The molecule has 2 N–H and O–H groups in total. The van der Waals surface area contributed by atoms with Crippen LogP contribution < -0.4 is 10.6 Å². The molecule has 0 bridgehead atoms. The predicted octanol–water partition coefficient (Wildman–Crippen LogP) is 1.35. The first-order valence-corrected chi connectivity index (χ1v) is 10.2. The predicted molar refractivity (Wildman–Crippen MR) is 108 cm³/mol. The Morgan fingerprint density at radius 2 is 2.31 bits per heavy atom. The lowest BCUT2D eigenvalue weighted by Crippen LogP contribution is -2.46. The van der Waals surface area contributed by atoms with Gasteiger partial charge in [0, 0.05) is 50.7 Å². The van der Waals surface area contributed by atoms with Crippen LogP contribution >= 0.6 is 11.3 Å². The Balaban J connectivity index is 1.92. The summed E-state index contributed by atoms with van der Waals surface area (Å²) >= 11 is 1.66. The number of hydrogen-bond acceptors (Lipinski definition) is 5. The highest BCUT2D eigenvalue weighted by molar-refractivity contribution is 7.09. The van der Waals surface area contributed by atoms with E-state index >= 15 is 0 Å². The van der Waals surface area contributed by atoms with Gasteiger partial charge in [-0.2, -0.15) is 0 Å². The molecule has 0 saturated carbocycles. The summed E-state index contributed by atoms with van der Waals surface area (Å²) < 4.78 is 0. The molecular formula is C18H32N6OS. The van der Waals surface area contributed by atoms with Crippen LogP contribution in [0.15, 0.2) is 16.6 Å². The monoisotopic (exact) mass is 380 g/mol. The molecule has 8 heteroatoms. The average molecular weight is 381 g/mol. The highest BCUT2D eigenvalue weighted by Crippen LogP contribution is 2.17. The molecule has 2 unspecified atom stereocenters. The molecule has 1 amide bonds. The number of thiazole rings is 1. The molecule has 0 aliphatic carbocycles. The molecule has 2 atom stereocenters. The smallest absolute Gasteiger partial charge is 0.243 e. The van der Waals surface area contributed by atoms with Gasteiger partial charge in [0.1, 0.15) is 6.54 Å². The maximum Gasteiger partial charge on any atom is 0.243 e. The van der Waals surface area contributed by atoms with Crippen LogP contribution in [-0.2, 0) is 4.79 Å². The Morgan fingerprint density at radius 3 is 2.96 bits per heavy atom. The fourth-order valence-corrected chi connectivity index (χ4v) is 3.73. The van der Waals surface area contributed by atoms with Gasteiger partial charge >= 0.3 is 0 Å². The number of aliphatic imine (C=N–C) groups is 1. The minimum atomic E-state index is -0.00452. The number of carbonyl (C=O) groups excluding carboxylic acids is 1. The number of carbonyl (C=O) groups is 1. The number of likely N-dealkylation sites (N-methyl/N-ethyl adjacent to an activating group) is 2. The first-order valence-electron chi connectivity index (χ1n) is 9.37. The molecule has 26 heavy (non-hydrogen) atoms. The molecule has 2 rings (SSSR count). The van der Waals surface area contributed by atoms with Crippen molar-refractivity contribution < 1.29 is 4.79 Å². The lowest BCUT2D eigenvalue weighted by molar-refractivity contribution is -0.127. The van der Waals surface area contributed by atoms with Gasteiger partial charge < -0.3 is 15.5 Å². The minimum Gasteiger partial charge on any atom is -0.356 e. The number of nitrogens with one attached hydrogen (secondary N) is 2. The van der Waals surface area contributed by atoms with Crippen LogP contribution in [0.4, 0.5) is 0 Å². The number of likely N-dealkylation sites (tertiary alicyclic amines) is 1. The Bertz CT molecular complexity index is 574. The minimum absolute atomic E-state index is 0.00452. The second-order valence-electron chi connectivity index (χ2n) is 6.91. The van der Waals surface area contributed by atoms with E-state index in [1.807, 2.05) is 11.6 Å².